The first-order valence-corrected chi connectivity index (χ1v) is 6.76. The van der Waals surface area contributed by atoms with Crippen LogP contribution in [0.1, 0.15) is 25.3 Å². The van der Waals surface area contributed by atoms with Gasteiger partial charge in [-0.05, 0) is 43.0 Å². The molecule has 2 heterocycles. The van der Waals surface area contributed by atoms with E-state index in [9.17, 15) is 9.59 Å². The van der Waals surface area contributed by atoms with Crippen molar-refractivity contribution in [3.63, 3.8) is 0 Å². The summed E-state index contributed by atoms with van der Waals surface area (Å²) in [7, 11) is 0. The second kappa shape index (κ2) is 4.64. The standard InChI is InChI=1S/C15H15N3O2/c1-10-6-7-17-13(8-10)14(19)18(15(17)20)12-4-2-11(9-16)3-5-12/h2-5,10,13H,6-8H2,1H3. The average molecular weight is 269 g/mol. The van der Waals surface area contributed by atoms with Gasteiger partial charge in [0.25, 0.3) is 5.91 Å². The minimum absolute atomic E-state index is 0.147. The largest absolute Gasteiger partial charge is 0.332 e. The number of carbonyl (C=O) groups excluding carboxylic acids is 2. The zero-order valence-electron chi connectivity index (χ0n) is 11.2. The molecule has 5 heteroatoms. The molecule has 2 fully saturated rings. The highest BCUT2D eigenvalue weighted by atomic mass is 16.2. The van der Waals surface area contributed by atoms with Crippen molar-refractivity contribution < 1.29 is 9.59 Å². The average Bonchev–Trinajstić information content (AvgIpc) is 2.71. The molecule has 3 amide bonds. The number of nitriles is 1. The van der Waals surface area contributed by atoms with Gasteiger partial charge in [0, 0.05) is 6.54 Å². The molecule has 102 valence electrons. The molecular weight excluding hydrogens is 254 g/mol. The summed E-state index contributed by atoms with van der Waals surface area (Å²) < 4.78 is 0. The van der Waals surface area contributed by atoms with Gasteiger partial charge in [-0.2, -0.15) is 5.26 Å². The zero-order chi connectivity index (χ0) is 14.3. The van der Waals surface area contributed by atoms with Crippen molar-refractivity contribution in [2.24, 2.45) is 5.92 Å². The van der Waals surface area contributed by atoms with Crippen LogP contribution in [0, 0.1) is 17.2 Å². The number of carbonyl (C=O) groups is 2. The highest BCUT2D eigenvalue weighted by Gasteiger charge is 2.47. The Morgan fingerprint density at radius 1 is 1.25 bits per heavy atom. The van der Waals surface area contributed by atoms with Crippen LogP contribution in [0.25, 0.3) is 0 Å². The normalized spacial score (nSPS) is 25.6. The van der Waals surface area contributed by atoms with Gasteiger partial charge >= 0.3 is 6.03 Å². The maximum absolute atomic E-state index is 12.4. The number of hydrogen-bond donors (Lipinski definition) is 0. The van der Waals surface area contributed by atoms with E-state index in [1.165, 1.54) is 4.90 Å². The lowest BCUT2D eigenvalue weighted by Gasteiger charge is -2.30. The number of benzene rings is 1. The summed E-state index contributed by atoms with van der Waals surface area (Å²) in [6, 6.07) is 8.01. The van der Waals surface area contributed by atoms with Crippen molar-refractivity contribution in [3.05, 3.63) is 29.8 Å². The van der Waals surface area contributed by atoms with Gasteiger partial charge in [-0.15, -0.1) is 0 Å². The van der Waals surface area contributed by atoms with Crippen molar-refractivity contribution in [2.45, 2.75) is 25.8 Å². The molecule has 2 aliphatic rings. The third-order valence-corrected chi connectivity index (χ3v) is 4.06. The van der Waals surface area contributed by atoms with Crippen LogP contribution in [-0.4, -0.2) is 29.4 Å². The number of anilines is 1. The highest BCUT2D eigenvalue weighted by molar-refractivity contribution is 6.21. The molecule has 1 aromatic carbocycles. The van der Waals surface area contributed by atoms with Crippen LogP contribution in [-0.2, 0) is 4.79 Å². The Morgan fingerprint density at radius 2 is 1.95 bits per heavy atom. The quantitative estimate of drug-likeness (QED) is 0.733. The summed E-state index contributed by atoms with van der Waals surface area (Å²) in [5, 5.41) is 8.79. The number of amides is 3. The minimum atomic E-state index is -0.318. The van der Waals surface area contributed by atoms with E-state index >= 15 is 0 Å². The fourth-order valence-electron chi connectivity index (χ4n) is 2.90. The number of fused-ring (bicyclic) bond motifs is 1. The maximum atomic E-state index is 12.4. The molecule has 0 N–H and O–H groups in total. The van der Waals surface area contributed by atoms with E-state index < -0.39 is 0 Å². The Bertz CT molecular complexity index is 603. The number of nitrogens with zero attached hydrogens (tertiary/aromatic N) is 3. The number of imide groups is 1. The second-order valence-corrected chi connectivity index (χ2v) is 5.45. The molecule has 0 spiro atoms. The summed E-state index contributed by atoms with van der Waals surface area (Å²) in [4.78, 5) is 27.7. The number of urea groups is 1. The molecule has 1 aromatic rings. The third-order valence-electron chi connectivity index (χ3n) is 4.06. The molecule has 2 aliphatic heterocycles. The topological polar surface area (TPSA) is 64.4 Å². The van der Waals surface area contributed by atoms with Crippen LogP contribution in [0.5, 0.6) is 0 Å². The SMILES string of the molecule is CC1CCN2C(=O)N(c3ccc(C#N)cc3)C(=O)C2C1. The van der Waals surface area contributed by atoms with E-state index in [2.05, 4.69) is 6.92 Å². The van der Waals surface area contributed by atoms with Crippen LogP contribution in [0.3, 0.4) is 0 Å². The van der Waals surface area contributed by atoms with E-state index in [1.807, 2.05) is 6.07 Å². The van der Waals surface area contributed by atoms with Crippen LogP contribution in [0.15, 0.2) is 24.3 Å². The van der Waals surface area contributed by atoms with Gasteiger partial charge in [-0.25, -0.2) is 9.69 Å². The summed E-state index contributed by atoms with van der Waals surface area (Å²) >= 11 is 0. The molecule has 2 atom stereocenters. The van der Waals surface area contributed by atoms with Gasteiger partial charge in [-0.3, -0.25) is 4.79 Å². The van der Waals surface area contributed by atoms with Crippen molar-refractivity contribution >= 4 is 17.6 Å². The van der Waals surface area contributed by atoms with E-state index in [4.69, 9.17) is 5.26 Å². The second-order valence-electron chi connectivity index (χ2n) is 5.45. The molecule has 0 saturated carbocycles. The first-order chi connectivity index (χ1) is 9.61. The van der Waals surface area contributed by atoms with E-state index in [1.54, 1.807) is 29.2 Å². The lowest BCUT2D eigenvalue weighted by atomic mass is 9.93. The zero-order valence-corrected chi connectivity index (χ0v) is 11.2. The van der Waals surface area contributed by atoms with Crippen LogP contribution in [0.2, 0.25) is 0 Å². The van der Waals surface area contributed by atoms with E-state index in [-0.39, 0.29) is 18.0 Å². The Hall–Kier alpha value is -2.35. The lowest BCUT2D eigenvalue weighted by Crippen LogP contribution is -2.41. The summed E-state index contributed by atoms with van der Waals surface area (Å²) in [5.41, 5.74) is 1.06. The van der Waals surface area contributed by atoms with Gasteiger partial charge in [0.05, 0.1) is 17.3 Å². The van der Waals surface area contributed by atoms with Gasteiger partial charge in [0.15, 0.2) is 0 Å². The van der Waals surface area contributed by atoms with Gasteiger partial charge in [0.1, 0.15) is 6.04 Å². The van der Waals surface area contributed by atoms with Gasteiger partial charge < -0.3 is 4.90 Å². The third kappa shape index (κ3) is 1.85. The minimum Gasteiger partial charge on any atom is -0.312 e. The Kier molecular flexibility index (Phi) is 2.94. The van der Waals surface area contributed by atoms with Gasteiger partial charge in [-0.1, -0.05) is 6.92 Å². The predicted octanol–water partition coefficient (Wildman–Crippen LogP) is 2.13. The number of piperidine rings is 1. The van der Waals surface area contributed by atoms with Crippen LogP contribution >= 0.6 is 0 Å². The van der Waals surface area contributed by atoms with E-state index in [0.29, 0.717) is 23.7 Å². The molecule has 3 rings (SSSR count). The molecular formula is C15H15N3O2. The highest BCUT2D eigenvalue weighted by Crippen LogP contribution is 2.32. The molecule has 20 heavy (non-hydrogen) atoms. The molecule has 2 saturated heterocycles. The fourth-order valence-corrected chi connectivity index (χ4v) is 2.90. The van der Waals surface area contributed by atoms with Crippen LogP contribution in [0.4, 0.5) is 10.5 Å². The summed E-state index contributed by atoms with van der Waals surface area (Å²) in [6.45, 7) is 2.75. The summed E-state index contributed by atoms with van der Waals surface area (Å²) in [5.74, 6) is 0.320. The number of rotatable bonds is 1. The summed E-state index contributed by atoms with van der Waals surface area (Å²) in [6.07, 6.45) is 1.67. The Balaban J connectivity index is 1.92. The van der Waals surface area contributed by atoms with Crippen molar-refractivity contribution in [3.8, 4) is 6.07 Å². The Labute approximate surface area is 117 Å². The first-order valence-electron chi connectivity index (χ1n) is 6.76. The van der Waals surface area contributed by atoms with Crippen molar-refractivity contribution in [2.75, 3.05) is 11.4 Å². The molecule has 0 aliphatic carbocycles. The van der Waals surface area contributed by atoms with Crippen LogP contribution < -0.4 is 4.90 Å². The molecule has 0 radical (unpaired) electrons. The first kappa shape index (κ1) is 12.7. The maximum Gasteiger partial charge on any atom is 0.332 e. The Morgan fingerprint density at radius 3 is 2.60 bits per heavy atom. The lowest BCUT2D eigenvalue weighted by molar-refractivity contribution is -0.120. The molecule has 2 unspecified atom stereocenters. The predicted molar refractivity (Wildman–Crippen MR) is 72.9 cm³/mol. The smallest absolute Gasteiger partial charge is 0.312 e. The molecule has 0 bridgehead atoms. The van der Waals surface area contributed by atoms with Gasteiger partial charge in [0.2, 0.25) is 0 Å². The number of hydrogen-bond acceptors (Lipinski definition) is 3. The fraction of sp³-hybridized carbons (Fsp3) is 0.400. The monoisotopic (exact) mass is 269 g/mol. The van der Waals surface area contributed by atoms with Crippen molar-refractivity contribution in [1.29, 1.82) is 5.26 Å². The van der Waals surface area contributed by atoms with Crippen molar-refractivity contribution in [1.82, 2.24) is 4.90 Å². The van der Waals surface area contributed by atoms with E-state index in [0.717, 1.165) is 12.8 Å². The molecule has 0 aromatic heterocycles. The molecule has 5 nitrogen and oxygen atoms in total.